The summed E-state index contributed by atoms with van der Waals surface area (Å²) in [7, 11) is 1.48. The van der Waals surface area contributed by atoms with Crippen molar-refractivity contribution < 1.29 is 9.13 Å². The predicted molar refractivity (Wildman–Crippen MR) is 75.9 cm³/mol. The van der Waals surface area contributed by atoms with Crippen molar-refractivity contribution in [3.63, 3.8) is 0 Å². The average molecular weight is 278 g/mol. The number of nitrogens with one attached hydrogen (secondary N) is 1. The lowest BCUT2D eigenvalue weighted by Crippen LogP contribution is -1.95. The van der Waals surface area contributed by atoms with Gasteiger partial charge in [0.25, 0.3) is 0 Å². The number of benzene rings is 2. The van der Waals surface area contributed by atoms with Crippen molar-refractivity contribution in [2.24, 2.45) is 0 Å². The molecule has 0 spiro atoms. The quantitative estimate of drug-likeness (QED) is 0.821. The Kier molecular flexibility index (Phi) is 3.86. The number of hydrogen-bond donors (Lipinski definition) is 1. The number of halogens is 2. The van der Waals surface area contributed by atoms with Crippen molar-refractivity contribution in [3.05, 3.63) is 52.8 Å². The van der Waals surface area contributed by atoms with Crippen LogP contribution in [-0.4, -0.2) is 12.8 Å². The number of methoxy groups -OCH3 is 1. The second kappa shape index (κ2) is 5.41. The fourth-order valence-electron chi connectivity index (χ4n) is 1.85. The largest absolute Gasteiger partial charge is 0.496 e. The van der Waals surface area contributed by atoms with Gasteiger partial charge >= 0.3 is 0 Å². The first-order chi connectivity index (χ1) is 9.02. The van der Waals surface area contributed by atoms with Crippen LogP contribution < -0.4 is 4.74 Å². The molecule has 2 aromatic carbocycles. The lowest BCUT2D eigenvalue weighted by molar-refractivity contribution is 0.413. The van der Waals surface area contributed by atoms with Crippen molar-refractivity contribution in [3.8, 4) is 16.9 Å². The monoisotopic (exact) mass is 277 g/mol. The molecule has 0 aromatic heterocycles. The topological polar surface area (TPSA) is 33.1 Å². The fourth-order valence-corrected chi connectivity index (χ4v) is 2.07. The minimum absolute atomic E-state index is 0.365. The Hall–Kier alpha value is -1.87. The minimum atomic E-state index is -0.365. The molecule has 0 saturated carbocycles. The molecule has 0 radical (unpaired) electrons. The Labute approximate surface area is 116 Å². The van der Waals surface area contributed by atoms with Gasteiger partial charge in [0.1, 0.15) is 11.6 Å². The fraction of sp³-hybridized carbons (Fsp3) is 0.133. The molecule has 0 amide bonds. The second-order valence-electron chi connectivity index (χ2n) is 4.16. The third kappa shape index (κ3) is 2.76. The Bertz CT molecular complexity index is 640. The van der Waals surface area contributed by atoms with Gasteiger partial charge in [-0.25, -0.2) is 4.39 Å². The second-order valence-corrected chi connectivity index (χ2v) is 4.57. The first-order valence-corrected chi connectivity index (χ1v) is 6.09. The lowest BCUT2D eigenvalue weighted by atomic mass is 10.0. The SMILES string of the molecule is COc1cc(F)ccc1-c1cc(C(C)=N)ccc1Cl. The lowest BCUT2D eigenvalue weighted by Gasteiger charge is -2.11. The van der Waals surface area contributed by atoms with Crippen LogP contribution in [0.5, 0.6) is 5.75 Å². The molecule has 0 aliphatic heterocycles. The smallest absolute Gasteiger partial charge is 0.129 e. The molecule has 0 aliphatic carbocycles. The maximum absolute atomic E-state index is 13.2. The molecular weight excluding hydrogens is 265 g/mol. The first kappa shape index (κ1) is 13.6. The van der Waals surface area contributed by atoms with Crippen LogP contribution in [0.1, 0.15) is 12.5 Å². The van der Waals surface area contributed by atoms with Crippen LogP contribution in [0.2, 0.25) is 5.02 Å². The van der Waals surface area contributed by atoms with Gasteiger partial charge in [0.15, 0.2) is 0 Å². The van der Waals surface area contributed by atoms with Gasteiger partial charge in [0.2, 0.25) is 0 Å². The van der Waals surface area contributed by atoms with Crippen molar-refractivity contribution in [2.45, 2.75) is 6.92 Å². The maximum atomic E-state index is 13.2. The number of rotatable bonds is 3. The van der Waals surface area contributed by atoms with E-state index in [1.807, 2.05) is 0 Å². The van der Waals surface area contributed by atoms with Gasteiger partial charge in [-0.15, -0.1) is 0 Å². The highest BCUT2D eigenvalue weighted by Crippen LogP contribution is 2.35. The van der Waals surface area contributed by atoms with Crippen LogP contribution in [0.4, 0.5) is 4.39 Å². The van der Waals surface area contributed by atoms with E-state index in [-0.39, 0.29) is 5.82 Å². The number of ether oxygens (including phenoxy) is 1. The summed E-state index contributed by atoms with van der Waals surface area (Å²) < 4.78 is 18.4. The molecule has 0 aliphatic rings. The summed E-state index contributed by atoms with van der Waals surface area (Å²) in [5.41, 5.74) is 2.64. The minimum Gasteiger partial charge on any atom is -0.496 e. The molecule has 0 unspecified atom stereocenters. The molecular formula is C15H13ClFNO. The summed E-state index contributed by atoms with van der Waals surface area (Å²) in [6.45, 7) is 1.70. The summed E-state index contributed by atoms with van der Waals surface area (Å²) in [6.07, 6.45) is 0. The van der Waals surface area contributed by atoms with Crippen LogP contribution in [-0.2, 0) is 0 Å². The summed E-state index contributed by atoms with van der Waals surface area (Å²) in [6, 6.07) is 9.61. The Balaban J connectivity index is 2.64. The molecule has 0 atom stereocenters. The van der Waals surface area contributed by atoms with Gasteiger partial charge in [-0.1, -0.05) is 17.7 Å². The summed E-state index contributed by atoms with van der Waals surface area (Å²) in [5, 5.41) is 8.20. The molecule has 1 N–H and O–H groups in total. The maximum Gasteiger partial charge on any atom is 0.129 e. The highest BCUT2D eigenvalue weighted by atomic mass is 35.5. The van der Waals surface area contributed by atoms with E-state index in [0.29, 0.717) is 22.0 Å². The third-order valence-electron chi connectivity index (χ3n) is 2.85. The molecule has 0 saturated heterocycles. The zero-order valence-electron chi connectivity index (χ0n) is 10.6. The third-order valence-corrected chi connectivity index (χ3v) is 3.18. The Morgan fingerprint density at radius 1 is 1.16 bits per heavy atom. The molecule has 0 bridgehead atoms. The van der Waals surface area contributed by atoms with E-state index < -0.39 is 0 Å². The molecule has 2 nitrogen and oxygen atoms in total. The summed E-state index contributed by atoms with van der Waals surface area (Å²) in [5.74, 6) is 0.0535. The number of hydrogen-bond acceptors (Lipinski definition) is 2. The van der Waals surface area contributed by atoms with Gasteiger partial charge < -0.3 is 10.1 Å². The van der Waals surface area contributed by atoms with E-state index in [1.165, 1.54) is 19.2 Å². The zero-order valence-corrected chi connectivity index (χ0v) is 11.4. The van der Waals surface area contributed by atoms with Crippen LogP contribution in [0.25, 0.3) is 11.1 Å². The molecule has 2 aromatic rings. The van der Waals surface area contributed by atoms with Crippen molar-refractivity contribution in [2.75, 3.05) is 7.11 Å². The Morgan fingerprint density at radius 3 is 2.53 bits per heavy atom. The van der Waals surface area contributed by atoms with E-state index in [0.717, 1.165) is 11.1 Å². The molecule has 19 heavy (non-hydrogen) atoms. The van der Waals surface area contributed by atoms with Crippen LogP contribution in [0.15, 0.2) is 36.4 Å². The normalized spacial score (nSPS) is 10.3. The van der Waals surface area contributed by atoms with E-state index >= 15 is 0 Å². The van der Waals surface area contributed by atoms with Gasteiger partial charge in [0.05, 0.1) is 7.11 Å². The van der Waals surface area contributed by atoms with Crippen molar-refractivity contribution >= 4 is 17.3 Å². The first-order valence-electron chi connectivity index (χ1n) is 5.72. The van der Waals surface area contributed by atoms with E-state index in [1.54, 1.807) is 31.2 Å². The van der Waals surface area contributed by atoms with Crippen LogP contribution in [0, 0.1) is 11.2 Å². The van der Waals surface area contributed by atoms with Crippen LogP contribution in [0.3, 0.4) is 0 Å². The zero-order chi connectivity index (χ0) is 14.0. The Morgan fingerprint density at radius 2 is 1.89 bits per heavy atom. The molecule has 2 rings (SSSR count). The molecule has 0 fully saturated rings. The molecule has 4 heteroatoms. The molecule has 98 valence electrons. The molecule has 0 heterocycles. The van der Waals surface area contributed by atoms with E-state index in [4.69, 9.17) is 21.7 Å². The van der Waals surface area contributed by atoms with Crippen LogP contribution >= 0.6 is 11.6 Å². The van der Waals surface area contributed by atoms with Gasteiger partial charge in [-0.3, -0.25) is 0 Å². The van der Waals surface area contributed by atoms with Crippen molar-refractivity contribution in [1.82, 2.24) is 0 Å². The van der Waals surface area contributed by atoms with E-state index in [2.05, 4.69) is 0 Å². The summed E-state index contributed by atoms with van der Waals surface area (Å²) in [4.78, 5) is 0. The average Bonchev–Trinajstić information content (AvgIpc) is 2.39. The van der Waals surface area contributed by atoms with Gasteiger partial charge in [-0.2, -0.15) is 0 Å². The van der Waals surface area contributed by atoms with Gasteiger partial charge in [0, 0.05) is 27.9 Å². The highest BCUT2D eigenvalue weighted by Gasteiger charge is 2.12. The highest BCUT2D eigenvalue weighted by molar-refractivity contribution is 6.33. The standard InChI is InChI=1S/C15H13ClFNO/c1-9(18)10-3-6-14(16)13(7-10)12-5-4-11(17)8-15(12)19-2/h3-8,18H,1-2H3. The van der Waals surface area contributed by atoms with Gasteiger partial charge in [-0.05, 0) is 36.8 Å². The predicted octanol–water partition coefficient (Wildman–Crippen LogP) is 4.54. The van der Waals surface area contributed by atoms with Crippen molar-refractivity contribution in [1.29, 1.82) is 5.41 Å². The summed E-state index contributed by atoms with van der Waals surface area (Å²) >= 11 is 6.18. The van der Waals surface area contributed by atoms with E-state index in [9.17, 15) is 4.39 Å².